The second kappa shape index (κ2) is 7.25. The number of nitrogens with one attached hydrogen (secondary N) is 1. The highest BCUT2D eigenvalue weighted by Crippen LogP contribution is 2.25. The molecule has 0 aromatic rings. The lowest BCUT2D eigenvalue weighted by Gasteiger charge is -2.40. The molecule has 2 atom stereocenters. The van der Waals surface area contributed by atoms with Crippen molar-refractivity contribution in [2.24, 2.45) is 11.3 Å². The van der Waals surface area contributed by atoms with Crippen LogP contribution in [-0.4, -0.2) is 48.2 Å². The van der Waals surface area contributed by atoms with E-state index in [-0.39, 0.29) is 17.9 Å². The van der Waals surface area contributed by atoms with Gasteiger partial charge in [0.1, 0.15) is 0 Å². The van der Waals surface area contributed by atoms with Crippen LogP contribution in [0, 0.1) is 11.3 Å². The van der Waals surface area contributed by atoms with E-state index in [1.165, 1.54) is 0 Å². The van der Waals surface area contributed by atoms with Gasteiger partial charge < -0.3 is 15.3 Å². The number of carbonyl (C=O) groups excluding carboxylic acids is 1. The monoisotopic (exact) mass is 270 g/mol. The largest absolute Gasteiger partial charge is 0.396 e. The predicted molar refractivity (Wildman–Crippen MR) is 77.9 cm³/mol. The van der Waals surface area contributed by atoms with Crippen LogP contribution < -0.4 is 5.32 Å². The highest BCUT2D eigenvalue weighted by atomic mass is 16.3. The van der Waals surface area contributed by atoms with Gasteiger partial charge in [0.05, 0.1) is 0 Å². The molecule has 0 aromatic carbocycles. The maximum Gasteiger partial charge on any atom is 0.228 e. The summed E-state index contributed by atoms with van der Waals surface area (Å²) in [5.74, 6) is 0.637. The van der Waals surface area contributed by atoms with Gasteiger partial charge in [-0.25, -0.2) is 0 Å². The van der Waals surface area contributed by atoms with E-state index < -0.39 is 0 Å². The maximum atomic E-state index is 12.4. The minimum atomic E-state index is -0.323. The summed E-state index contributed by atoms with van der Waals surface area (Å²) in [5, 5.41) is 12.7. The summed E-state index contributed by atoms with van der Waals surface area (Å²) in [4.78, 5) is 14.4. The fourth-order valence-corrected chi connectivity index (χ4v) is 2.73. The minimum Gasteiger partial charge on any atom is -0.396 e. The molecule has 1 rings (SSSR count). The van der Waals surface area contributed by atoms with Gasteiger partial charge in [0.25, 0.3) is 0 Å². The van der Waals surface area contributed by atoms with Gasteiger partial charge in [0.2, 0.25) is 5.91 Å². The lowest BCUT2D eigenvalue weighted by Crippen LogP contribution is -2.54. The predicted octanol–water partition coefficient (Wildman–Crippen LogP) is 1.63. The van der Waals surface area contributed by atoms with Crippen molar-refractivity contribution in [2.45, 2.75) is 53.0 Å². The SMILES string of the molecule is CCCNC1CC(CCO)CN(C(=O)C(C)(C)C)C1. The van der Waals surface area contributed by atoms with Crippen molar-refractivity contribution in [3.05, 3.63) is 0 Å². The fourth-order valence-electron chi connectivity index (χ4n) is 2.73. The van der Waals surface area contributed by atoms with Crippen LogP contribution in [0.2, 0.25) is 0 Å². The Kier molecular flexibility index (Phi) is 6.27. The van der Waals surface area contributed by atoms with Crippen molar-refractivity contribution in [1.82, 2.24) is 10.2 Å². The summed E-state index contributed by atoms with van der Waals surface area (Å²) < 4.78 is 0. The summed E-state index contributed by atoms with van der Waals surface area (Å²) in [7, 11) is 0. The molecule has 2 N–H and O–H groups in total. The Morgan fingerprint density at radius 3 is 2.58 bits per heavy atom. The lowest BCUT2D eigenvalue weighted by molar-refractivity contribution is -0.142. The van der Waals surface area contributed by atoms with Crippen molar-refractivity contribution >= 4 is 5.91 Å². The number of carbonyl (C=O) groups is 1. The van der Waals surface area contributed by atoms with E-state index in [0.29, 0.717) is 12.0 Å². The standard InChI is InChI=1S/C15H30N2O2/c1-5-7-16-13-9-12(6-8-18)10-17(11-13)14(19)15(2,3)4/h12-13,16,18H,5-11H2,1-4H3. The molecule has 1 fully saturated rings. The molecular weight excluding hydrogens is 240 g/mol. The highest BCUT2D eigenvalue weighted by molar-refractivity contribution is 5.81. The van der Waals surface area contributed by atoms with E-state index in [2.05, 4.69) is 12.2 Å². The minimum absolute atomic E-state index is 0.211. The Morgan fingerprint density at radius 2 is 2.05 bits per heavy atom. The van der Waals surface area contributed by atoms with Gasteiger partial charge in [-0.3, -0.25) is 4.79 Å². The number of aliphatic hydroxyl groups is 1. The number of likely N-dealkylation sites (tertiary alicyclic amines) is 1. The van der Waals surface area contributed by atoms with Crippen LogP contribution in [0.1, 0.15) is 47.0 Å². The van der Waals surface area contributed by atoms with Crippen LogP contribution in [0.3, 0.4) is 0 Å². The van der Waals surface area contributed by atoms with Gasteiger partial charge in [-0.05, 0) is 31.7 Å². The Labute approximate surface area is 117 Å². The van der Waals surface area contributed by atoms with Gasteiger partial charge in [-0.2, -0.15) is 0 Å². The molecule has 4 nitrogen and oxygen atoms in total. The van der Waals surface area contributed by atoms with E-state index in [1.807, 2.05) is 25.7 Å². The molecule has 0 spiro atoms. The molecule has 1 heterocycles. The van der Waals surface area contributed by atoms with Crippen molar-refractivity contribution in [3.63, 3.8) is 0 Å². The Morgan fingerprint density at radius 1 is 1.37 bits per heavy atom. The Hall–Kier alpha value is -0.610. The van der Waals surface area contributed by atoms with E-state index in [9.17, 15) is 4.79 Å². The van der Waals surface area contributed by atoms with Gasteiger partial charge >= 0.3 is 0 Å². The first kappa shape index (κ1) is 16.4. The first-order valence-electron chi connectivity index (χ1n) is 7.52. The van der Waals surface area contributed by atoms with Crippen LogP contribution >= 0.6 is 0 Å². The zero-order valence-corrected chi connectivity index (χ0v) is 12.9. The second-order valence-electron chi connectivity index (χ2n) is 6.73. The maximum absolute atomic E-state index is 12.4. The zero-order chi connectivity index (χ0) is 14.5. The smallest absolute Gasteiger partial charge is 0.228 e. The van der Waals surface area contributed by atoms with E-state index in [4.69, 9.17) is 5.11 Å². The Balaban J connectivity index is 2.66. The number of nitrogens with zero attached hydrogens (tertiary/aromatic N) is 1. The van der Waals surface area contributed by atoms with Crippen LogP contribution in [0.25, 0.3) is 0 Å². The van der Waals surface area contributed by atoms with Gasteiger partial charge in [0.15, 0.2) is 0 Å². The molecule has 0 aliphatic carbocycles. The fraction of sp³-hybridized carbons (Fsp3) is 0.933. The first-order chi connectivity index (χ1) is 8.88. The summed E-state index contributed by atoms with van der Waals surface area (Å²) >= 11 is 0. The molecule has 0 saturated carbocycles. The number of rotatable bonds is 5. The zero-order valence-electron chi connectivity index (χ0n) is 12.9. The topological polar surface area (TPSA) is 52.6 Å². The van der Waals surface area contributed by atoms with Gasteiger partial charge in [-0.15, -0.1) is 0 Å². The van der Waals surface area contributed by atoms with Gasteiger partial charge in [-0.1, -0.05) is 27.7 Å². The average Bonchev–Trinajstić information content (AvgIpc) is 2.34. The molecule has 1 amide bonds. The molecule has 2 unspecified atom stereocenters. The molecule has 0 bridgehead atoms. The summed E-state index contributed by atoms with van der Waals surface area (Å²) in [6.07, 6.45) is 2.96. The van der Waals surface area contributed by atoms with Crippen molar-refractivity contribution in [2.75, 3.05) is 26.2 Å². The lowest BCUT2D eigenvalue weighted by atomic mass is 9.88. The Bertz CT molecular complexity index is 286. The van der Waals surface area contributed by atoms with Crippen molar-refractivity contribution in [1.29, 1.82) is 0 Å². The molecule has 4 heteroatoms. The molecule has 0 aromatic heterocycles. The first-order valence-corrected chi connectivity index (χ1v) is 7.52. The molecule has 1 saturated heterocycles. The molecule has 112 valence electrons. The quantitative estimate of drug-likeness (QED) is 0.798. The molecule has 1 aliphatic rings. The molecule has 1 aliphatic heterocycles. The van der Waals surface area contributed by atoms with Crippen LogP contribution in [0.5, 0.6) is 0 Å². The molecule has 19 heavy (non-hydrogen) atoms. The van der Waals surface area contributed by atoms with Gasteiger partial charge in [0, 0.05) is 31.2 Å². The van der Waals surface area contributed by atoms with E-state index in [0.717, 1.165) is 38.9 Å². The third-order valence-electron chi connectivity index (χ3n) is 3.69. The van der Waals surface area contributed by atoms with Crippen LogP contribution in [-0.2, 0) is 4.79 Å². The molecule has 0 radical (unpaired) electrons. The third kappa shape index (κ3) is 5.11. The summed E-state index contributed by atoms with van der Waals surface area (Å²) in [5.41, 5.74) is -0.323. The third-order valence-corrected chi connectivity index (χ3v) is 3.69. The number of hydrogen-bond acceptors (Lipinski definition) is 3. The average molecular weight is 270 g/mol. The summed E-state index contributed by atoms with van der Waals surface area (Å²) in [6, 6.07) is 0.372. The summed E-state index contributed by atoms with van der Waals surface area (Å²) in [6.45, 7) is 10.9. The van der Waals surface area contributed by atoms with Crippen molar-refractivity contribution < 1.29 is 9.90 Å². The normalized spacial score (nSPS) is 24.6. The molecular formula is C15H30N2O2. The van der Waals surface area contributed by atoms with Crippen LogP contribution in [0.4, 0.5) is 0 Å². The number of piperidine rings is 1. The van der Waals surface area contributed by atoms with E-state index >= 15 is 0 Å². The second-order valence-corrected chi connectivity index (χ2v) is 6.73. The van der Waals surface area contributed by atoms with Crippen molar-refractivity contribution in [3.8, 4) is 0 Å². The number of aliphatic hydroxyl groups excluding tert-OH is 1. The van der Waals surface area contributed by atoms with Crippen LogP contribution in [0.15, 0.2) is 0 Å². The number of hydrogen-bond donors (Lipinski definition) is 2. The van der Waals surface area contributed by atoms with E-state index in [1.54, 1.807) is 0 Å². The number of amides is 1. The highest BCUT2D eigenvalue weighted by Gasteiger charge is 2.34.